The Balaban J connectivity index is 2.34. The van der Waals surface area contributed by atoms with Crippen molar-refractivity contribution in [1.82, 2.24) is 9.88 Å². The minimum Gasteiger partial charge on any atom is -0.496 e. The molecule has 0 spiro atoms. The van der Waals surface area contributed by atoms with E-state index in [-0.39, 0.29) is 0 Å². The van der Waals surface area contributed by atoms with Gasteiger partial charge in [-0.15, -0.1) is 0 Å². The normalized spacial score (nSPS) is 11.0. The first-order valence-electron chi connectivity index (χ1n) is 8.01. The second kappa shape index (κ2) is 8.02. The number of nitrogens with zero attached hydrogens (tertiary/aromatic N) is 2. The lowest BCUT2D eigenvalue weighted by molar-refractivity contribution is 0.216. The number of pyridine rings is 1. The number of benzene rings is 1. The Hall–Kier alpha value is -2.01. The van der Waals surface area contributed by atoms with Crippen LogP contribution in [0.2, 0.25) is 0 Å². The summed E-state index contributed by atoms with van der Waals surface area (Å²) in [5, 5.41) is 0.931. The molecule has 1 heterocycles. The van der Waals surface area contributed by atoms with E-state index in [1.807, 2.05) is 19.1 Å². The van der Waals surface area contributed by atoms with Gasteiger partial charge in [-0.3, -0.25) is 4.98 Å². The maximum absolute atomic E-state index is 6.03. The zero-order valence-corrected chi connectivity index (χ0v) is 14.7. The molecule has 2 rings (SSSR count). The molecule has 0 saturated carbocycles. The second-order valence-electron chi connectivity index (χ2n) is 5.32. The molecule has 1 aromatic heterocycles. The first kappa shape index (κ1) is 17.3. The van der Waals surface area contributed by atoms with E-state index in [0.29, 0.717) is 12.4 Å². The molecule has 0 aliphatic heterocycles. The Bertz CT molecular complexity index is 654. The third-order valence-corrected chi connectivity index (χ3v) is 4.13. The molecule has 0 N–H and O–H groups in total. The Morgan fingerprint density at radius 1 is 1.09 bits per heavy atom. The molecule has 126 valence electrons. The van der Waals surface area contributed by atoms with Crippen molar-refractivity contribution >= 4 is 10.9 Å². The first-order valence-corrected chi connectivity index (χ1v) is 8.01. The summed E-state index contributed by atoms with van der Waals surface area (Å²) >= 11 is 0. The molecule has 0 aliphatic carbocycles. The van der Waals surface area contributed by atoms with Crippen molar-refractivity contribution in [1.29, 1.82) is 0 Å². The monoisotopic (exact) mass is 318 g/mol. The fraction of sp³-hybridized carbons (Fsp3) is 0.500. The van der Waals surface area contributed by atoms with Crippen molar-refractivity contribution in [3.63, 3.8) is 0 Å². The molecule has 0 aliphatic rings. The number of hydrogen-bond acceptors (Lipinski definition) is 5. The van der Waals surface area contributed by atoms with Gasteiger partial charge >= 0.3 is 0 Å². The average molecular weight is 318 g/mol. The topological polar surface area (TPSA) is 43.8 Å². The van der Waals surface area contributed by atoms with Crippen LogP contribution in [0.4, 0.5) is 0 Å². The van der Waals surface area contributed by atoms with Crippen molar-refractivity contribution in [3.8, 4) is 17.2 Å². The van der Waals surface area contributed by atoms with E-state index in [1.54, 1.807) is 20.4 Å². The van der Waals surface area contributed by atoms with Gasteiger partial charge in [-0.05, 0) is 32.1 Å². The lowest BCUT2D eigenvalue weighted by Crippen LogP contribution is -2.28. The number of aryl methyl sites for hydroxylation is 1. The summed E-state index contributed by atoms with van der Waals surface area (Å²) in [7, 11) is 3.31. The summed E-state index contributed by atoms with van der Waals surface area (Å²) in [4.78, 5) is 6.80. The summed E-state index contributed by atoms with van der Waals surface area (Å²) in [6.45, 7) is 9.86. The van der Waals surface area contributed by atoms with Crippen LogP contribution in [0.5, 0.6) is 17.2 Å². The molecule has 0 unspecified atom stereocenters. The molecule has 0 amide bonds. The second-order valence-corrected chi connectivity index (χ2v) is 5.32. The lowest BCUT2D eigenvalue weighted by atomic mass is 10.1. The molecule has 0 fully saturated rings. The van der Waals surface area contributed by atoms with Crippen molar-refractivity contribution in [2.45, 2.75) is 20.8 Å². The highest BCUT2D eigenvalue weighted by atomic mass is 16.5. The van der Waals surface area contributed by atoms with Gasteiger partial charge in [0.15, 0.2) is 11.5 Å². The van der Waals surface area contributed by atoms with Crippen LogP contribution in [0.25, 0.3) is 10.9 Å². The Morgan fingerprint density at radius 2 is 1.78 bits per heavy atom. The van der Waals surface area contributed by atoms with Gasteiger partial charge in [0, 0.05) is 23.7 Å². The summed E-state index contributed by atoms with van der Waals surface area (Å²) in [5.41, 5.74) is 1.85. The minimum atomic E-state index is 0.619. The summed E-state index contributed by atoms with van der Waals surface area (Å²) < 4.78 is 17.0. The van der Waals surface area contributed by atoms with Crippen LogP contribution in [0.1, 0.15) is 19.4 Å². The van der Waals surface area contributed by atoms with Crippen molar-refractivity contribution in [2.24, 2.45) is 0 Å². The smallest absolute Gasteiger partial charge is 0.166 e. The molecule has 23 heavy (non-hydrogen) atoms. The summed E-state index contributed by atoms with van der Waals surface area (Å²) in [6.07, 6.45) is 1.75. The van der Waals surface area contributed by atoms with Gasteiger partial charge in [0.2, 0.25) is 0 Å². The van der Waals surface area contributed by atoms with Crippen LogP contribution < -0.4 is 14.2 Å². The molecule has 0 bridgehead atoms. The zero-order valence-electron chi connectivity index (χ0n) is 14.7. The zero-order chi connectivity index (χ0) is 16.8. The highest BCUT2D eigenvalue weighted by Gasteiger charge is 2.16. The standard InChI is InChI=1S/C18H26N2O3/c1-6-20(7-2)10-11-23-18-13(3)17-14(12-16(18)22-5)15(21-4)8-9-19-17/h8-9,12H,6-7,10-11H2,1-5H3. The fourth-order valence-corrected chi connectivity index (χ4v) is 2.71. The highest BCUT2D eigenvalue weighted by molar-refractivity contribution is 5.91. The van der Waals surface area contributed by atoms with Crippen LogP contribution in [0, 0.1) is 6.92 Å². The SMILES string of the molecule is CCN(CC)CCOc1c(OC)cc2c(OC)ccnc2c1C. The number of rotatable bonds is 8. The molecule has 5 heteroatoms. The van der Waals surface area contributed by atoms with Gasteiger partial charge in [0.25, 0.3) is 0 Å². The highest BCUT2D eigenvalue weighted by Crippen LogP contribution is 2.39. The van der Waals surface area contributed by atoms with Gasteiger partial charge in [-0.2, -0.15) is 0 Å². The summed E-state index contributed by atoms with van der Waals surface area (Å²) in [5.74, 6) is 2.25. The van der Waals surface area contributed by atoms with Gasteiger partial charge in [0.1, 0.15) is 12.4 Å². The van der Waals surface area contributed by atoms with Crippen molar-refractivity contribution in [3.05, 3.63) is 23.9 Å². The van der Waals surface area contributed by atoms with Crippen molar-refractivity contribution in [2.75, 3.05) is 40.5 Å². The maximum Gasteiger partial charge on any atom is 0.166 e. The molecule has 0 atom stereocenters. The van der Waals surface area contributed by atoms with Gasteiger partial charge in [-0.1, -0.05) is 13.8 Å². The lowest BCUT2D eigenvalue weighted by Gasteiger charge is -2.20. The predicted molar refractivity (Wildman–Crippen MR) is 92.9 cm³/mol. The van der Waals surface area contributed by atoms with Gasteiger partial charge in [-0.25, -0.2) is 0 Å². The maximum atomic E-state index is 6.03. The Morgan fingerprint density at radius 3 is 2.39 bits per heavy atom. The Labute approximate surface area is 138 Å². The number of hydrogen-bond donors (Lipinski definition) is 0. The Kier molecular flexibility index (Phi) is 6.04. The molecule has 0 saturated heterocycles. The molecular formula is C18H26N2O3. The number of methoxy groups -OCH3 is 2. The van der Waals surface area contributed by atoms with Crippen molar-refractivity contribution < 1.29 is 14.2 Å². The molecule has 0 radical (unpaired) electrons. The van der Waals surface area contributed by atoms with Crippen LogP contribution >= 0.6 is 0 Å². The third-order valence-electron chi connectivity index (χ3n) is 4.13. The minimum absolute atomic E-state index is 0.619. The molecule has 2 aromatic rings. The quantitative estimate of drug-likeness (QED) is 0.747. The van der Waals surface area contributed by atoms with Crippen LogP contribution in [-0.4, -0.2) is 50.3 Å². The van der Waals surface area contributed by atoms with Crippen LogP contribution in [0.3, 0.4) is 0 Å². The van der Waals surface area contributed by atoms with E-state index in [1.165, 1.54) is 0 Å². The van der Waals surface area contributed by atoms with E-state index < -0.39 is 0 Å². The van der Waals surface area contributed by atoms with E-state index in [2.05, 4.69) is 23.7 Å². The van der Waals surface area contributed by atoms with Gasteiger partial charge < -0.3 is 19.1 Å². The molecule has 1 aromatic carbocycles. The van der Waals surface area contributed by atoms with E-state index in [0.717, 1.165) is 47.6 Å². The first-order chi connectivity index (χ1) is 11.2. The fourth-order valence-electron chi connectivity index (χ4n) is 2.71. The summed E-state index contributed by atoms with van der Waals surface area (Å²) in [6, 6.07) is 3.78. The average Bonchev–Trinajstić information content (AvgIpc) is 2.59. The largest absolute Gasteiger partial charge is 0.496 e. The number of aromatic nitrogens is 1. The predicted octanol–water partition coefficient (Wildman–Crippen LogP) is 3.28. The number of likely N-dealkylation sites (N-methyl/N-ethyl adjacent to an activating group) is 1. The van der Waals surface area contributed by atoms with E-state index in [9.17, 15) is 0 Å². The van der Waals surface area contributed by atoms with E-state index >= 15 is 0 Å². The molecular weight excluding hydrogens is 292 g/mol. The van der Waals surface area contributed by atoms with Crippen LogP contribution in [-0.2, 0) is 0 Å². The molecule has 5 nitrogen and oxygen atoms in total. The third kappa shape index (κ3) is 3.67. The number of ether oxygens (including phenoxy) is 3. The van der Waals surface area contributed by atoms with E-state index in [4.69, 9.17) is 14.2 Å². The van der Waals surface area contributed by atoms with Crippen LogP contribution in [0.15, 0.2) is 18.3 Å². The van der Waals surface area contributed by atoms with Gasteiger partial charge in [0.05, 0.1) is 19.7 Å². The number of fused-ring (bicyclic) bond motifs is 1.